The Morgan fingerprint density at radius 2 is 1.66 bits per heavy atom. The largest absolute Gasteiger partial charge is 0.340 e. The van der Waals surface area contributed by atoms with Gasteiger partial charge in [-0.3, -0.25) is 4.79 Å². The van der Waals surface area contributed by atoms with E-state index in [0.717, 1.165) is 9.54 Å². The van der Waals surface area contributed by atoms with Crippen molar-refractivity contribution >= 4 is 32.4 Å². The minimum atomic E-state index is -4.00. The van der Waals surface area contributed by atoms with Gasteiger partial charge in [-0.15, -0.1) is 0 Å². The quantitative estimate of drug-likeness (QED) is 0.383. The highest BCUT2D eigenvalue weighted by molar-refractivity contribution is 7.90. The number of hydrogen-bond donors (Lipinski definition) is 1. The Morgan fingerprint density at radius 1 is 0.943 bits per heavy atom. The van der Waals surface area contributed by atoms with Crippen molar-refractivity contribution in [2.45, 2.75) is 11.8 Å². The van der Waals surface area contributed by atoms with Gasteiger partial charge in [-0.05, 0) is 61.5 Å². The Hall–Kier alpha value is -4.24. The first kappa shape index (κ1) is 22.5. The number of fused-ring (bicyclic) bond motifs is 1. The SMILES string of the molecule is Cc1ccc(S(=O)(=O)n2ccc3c(-c4cccnc4Nc4ccc(F)cc4)cn(C)c(=O)c32)cc1. The molecule has 0 amide bonds. The Bertz CT molecular complexity index is 1720. The van der Waals surface area contributed by atoms with Gasteiger partial charge in [0.2, 0.25) is 0 Å². The van der Waals surface area contributed by atoms with Gasteiger partial charge in [0.25, 0.3) is 15.6 Å². The van der Waals surface area contributed by atoms with Gasteiger partial charge >= 0.3 is 0 Å². The number of aryl methyl sites for hydroxylation is 2. The topological polar surface area (TPSA) is 86.0 Å². The van der Waals surface area contributed by atoms with E-state index in [4.69, 9.17) is 0 Å². The third-order valence-corrected chi connectivity index (χ3v) is 7.46. The van der Waals surface area contributed by atoms with Crippen LogP contribution in [0.5, 0.6) is 0 Å². The zero-order valence-electron chi connectivity index (χ0n) is 18.9. The van der Waals surface area contributed by atoms with Crippen LogP contribution >= 0.6 is 0 Å². The van der Waals surface area contributed by atoms with Crippen molar-refractivity contribution in [3.05, 3.63) is 107 Å². The fourth-order valence-electron chi connectivity index (χ4n) is 3.96. The third kappa shape index (κ3) is 4.00. The molecule has 5 aromatic rings. The molecule has 2 aromatic carbocycles. The molecule has 0 atom stereocenters. The first-order valence-electron chi connectivity index (χ1n) is 10.8. The highest BCUT2D eigenvalue weighted by Gasteiger charge is 2.23. The molecule has 176 valence electrons. The molecule has 7 nitrogen and oxygen atoms in total. The number of benzene rings is 2. The Kier molecular flexibility index (Phi) is 5.49. The van der Waals surface area contributed by atoms with E-state index in [0.29, 0.717) is 28.0 Å². The van der Waals surface area contributed by atoms with Gasteiger partial charge in [-0.1, -0.05) is 17.7 Å². The van der Waals surface area contributed by atoms with Crippen LogP contribution in [-0.4, -0.2) is 21.9 Å². The van der Waals surface area contributed by atoms with Gasteiger partial charge in [0.05, 0.1) is 4.90 Å². The molecule has 3 aromatic heterocycles. The number of nitrogens with zero attached hydrogens (tertiary/aromatic N) is 3. The molecule has 9 heteroatoms. The van der Waals surface area contributed by atoms with Gasteiger partial charge in [-0.25, -0.2) is 21.8 Å². The number of rotatable bonds is 5. The normalized spacial score (nSPS) is 11.6. The second kappa shape index (κ2) is 8.52. The molecule has 0 radical (unpaired) electrons. The summed E-state index contributed by atoms with van der Waals surface area (Å²) in [7, 11) is -2.43. The van der Waals surface area contributed by atoms with Gasteiger partial charge in [0, 0.05) is 47.8 Å². The minimum Gasteiger partial charge on any atom is -0.340 e. The maximum atomic E-state index is 13.4. The van der Waals surface area contributed by atoms with Crippen LogP contribution in [0.25, 0.3) is 22.0 Å². The number of pyridine rings is 2. The lowest BCUT2D eigenvalue weighted by Crippen LogP contribution is -2.22. The van der Waals surface area contributed by atoms with Crippen LogP contribution < -0.4 is 10.9 Å². The molecule has 0 bridgehead atoms. The minimum absolute atomic E-state index is 0.0437. The summed E-state index contributed by atoms with van der Waals surface area (Å²) in [4.78, 5) is 17.7. The van der Waals surface area contributed by atoms with Crippen LogP contribution in [-0.2, 0) is 17.1 Å². The molecule has 0 saturated heterocycles. The zero-order chi connectivity index (χ0) is 24.7. The van der Waals surface area contributed by atoms with Crippen molar-refractivity contribution in [1.82, 2.24) is 13.5 Å². The molecule has 0 fully saturated rings. The second-order valence-electron chi connectivity index (χ2n) is 8.18. The molecule has 0 aliphatic rings. The summed E-state index contributed by atoms with van der Waals surface area (Å²) in [5, 5.41) is 3.65. The predicted molar refractivity (Wildman–Crippen MR) is 134 cm³/mol. The van der Waals surface area contributed by atoms with Crippen LogP contribution in [0.1, 0.15) is 5.56 Å². The maximum absolute atomic E-state index is 13.4. The fraction of sp³-hybridized carbons (Fsp3) is 0.0769. The number of hydrogen-bond acceptors (Lipinski definition) is 5. The van der Waals surface area contributed by atoms with E-state index in [1.165, 1.54) is 35.0 Å². The van der Waals surface area contributed by atoms with Crippen molar-refractivity contribution in [1.29, 1.82) is 0 Å². The van der Waals surface area contributed by atoms with Crippen LogP contribution in [0.2, 0.25) is 0 Å². The van der Waals surface area contributed by atoms with Crippen molar-refractivity contribution in [2.24, 2.45) is 7.05 Å². The van der Waals surface area contributed by atoms with Crippen molar-refractivity contribution < 1.29 is 12.8 Å². The van der Waals surface area contributed by atoms with E-state index in [1.807, 2.05) is 13.0 Å². The average molecular weight is 489 g/mol. The second-order valence-corrected chi connectivity index (χ2v) is 10.00. The fourth-order valence-corrected chi connectivity index (χ4v) is 5.31. The molecule has 3 heterocycles. The van der Waals surface area contributed by atoms with E-state index in [9.17, 15) is 17.6 Å². The summed E-state index contributed by atoms with van der Waals surface area (Å²) in [5.74, 6) is 0.126. The molecule has 5 rings (SSSR count). The van der Waals surface area contributed by atoms with Crippen LogP contribution in [0.3, 0.4) is 0 Å². The number of nitrogens with one attached hydrogen (secondary N) is 1. The molecular weight excluding hydrogens is 467 g/mol. The molecule has 0 spiro atoms. The zero-order valence-corrected chi connectivity index (χ0v) is 19.8. The Balaban J connectivity index is 1.70. The van der Waals surface area contributed by atoms with Crippen LogP contribution in [0.4, 0.5) is 15.9 Å². The summed E-state index contributed by atoms with van der Waals surface area (Å²) in [5.41, 5.74) is 2.44. The third-order valence-electron chi connectivity index (χ3n) is 5.77. The molecule has 0 saturated carbocycles. The standard InChI is InChI=1S/C26H21FN4O3S/c1-17-5-11-20(12-6-17)35(33,34)31-15-13-21-23(16-30(2)26(32)24(21)31)22-4-3-14-28-25(22)29-19-9-7-18(27)8-10-19/h3-16H,1-2H3,(H,28,29). The van der Waals surface area contributed by atoms with Crippen LogP contribution in [0.15, 0.2) is 95.0 Å². The molecule has 35 heavy (non-hydrogen) atoms. The van der Waals surface area contributed by atoms with Crippen molar-refractivity contribution in [2.75, 3.05) is 5.32 Å². The highest BCUT2D eigenvalue weighted by Crippen LogP contribution is 2.34. The summed E-state index contributed by atoms with van der Waals surface area (Å²) < 4.78 is 42.6. The Labute approximate surface area is 201 Å². The predicted octanol–water partition coefficient (Wildman–Crippen LogP) is 4.83. The number of anilines is 2. The number of halogens is 1. The van der Waals surface area contributed by atoms with E-state index < -0.39 is 15.6 Å². The summed E-state index contributed by atoms with van der Waals surface area (Å²) in [6, 6.07) is 17.5. The lowest BCUT2D eigenvalue weighted by molar-refractivity contribution is 0.589. The van der Waals surface area contributed by atoms with Crippen LogP contribution in [0, 0.1) is 12.7 Å². The molecule has 0 aliphatic carbocycles. The number of aromatic nitrogens is 3. The van der Waals surface area contributed by atoms with Gasteiger partial charge in [0.1, 0.15) is 17.2 Å². The van der Waals surface area contributed by atoms with E-state index in [2.05, 4.69) is 10.3 Å². The van der Waals surface area contributed by atoms with Crippen molar-refractivity contribution in [3.63, 3.8) is 0 Å². The molecular formula is C26H21FN4O3S. The average Bonchev–Trinajstić information content (AvgIpc) is 3.30. The molecule has 1 N–H and O–H groups in total. The first-order valence-corrected chi connectivity index (χ1v) is 12.2. The Morgan fingerprint density at radius 3 is 2.37 bits per heavy atom. The highest BCUT2D eigenvalue weighted by atomic mass is 32.2. The monoisotopic (exact) mass is 488 g/mol. The maximum Gasteiger partial charge on any atom is 0.275 e. The first-order chi connectivity index (χ1) is 16.8. The lowest BCUT2D eigenvalue weighted by Gasteiger charge is -2.14. The van der Waals surface area contributed by atoms with Gasteiger partial charge in [-0.2, -0.15) is 0 Å². The summed E-state index contributed by atoms with van der Waals surface area (Å²) in [6.45, 7) is 1.87. The van der Waals surface area contributed by atoms with E-state index >= 15 is 0 Å². The van der Waals surface area contributed by atoms with Gasteiger partial charge < -0.3 is 9.88 Å². The van der Waals surface area contributed by atoms with Gasteiger partial charge in [0.15, 0.2) is 0 Å². The van der Waals surface area contributed by atoms with Crippen molar-refractivity contribution in [3.8, 4) is 11.1 Å². The molecule has 0 aliphatic heterocycles. The van der Waals surface area contributed by atoms with E-state index in [-0.39, 0.29) is 16.2 Å². The smallest absolute Gasteiger partial charge is 0.275 e. The molecule has 0 unspecified atom stereocenters. The van der Waals surface area contributed by atoms with E-state index in [1.54, 1.807) is 55.8 Å². The summed E-state index contributed by atoms with van der Waals surface area (Å²) >= 11 is 0. The summed E-state index contributed by atoms with van der Waals surface area (Å²) in [6.07, 6.45) is 4.66. The lowest BCUT2D eigenvalue weighted by atomic mass is 10.0.